The Morgan fingerprint density at radius 1 is 1.14 bits per heavy atom. The Hall–Kier alpha value is -1.84. The Morgan fingerprint density at radius 3 is 2.67 bits per heavy atom. The van der Waals surface area contributed by atoms with E-state index < -0.39 is 5.60 Å². The molecule has 3 nitrogen and oxygen atoms in total. The molecule has 0 spiro atoms. The zero-order valence-corrected chi connectivity index (χ0v) is 12.5. The predicted molar refractivity (Wildman–Crippen MR) is 83.5 cm³/mol. The van der Waals surface area contributed by atoms with E-state index in [2.05, 4.69) is 23.5 Å². The van der Waals surface area contributed by atoms with Crippen LogP contribution in [0.2, 0.25) is 0 Å². The number of rotatable bonds is 3. The van der Waals surface area contributed by atoms with Gasteiger partial charge in [0.1, 0.15) is 11.4 Å². The summed E-state index contributed by atoms with van der Waals surface area (Å²) in [7, 11) is 1.64. The monoisotopic (exact) mass is 283 g/mol. The minimum absolute atomic E-state index is 0.140. The first-order chi connectivity index (χ1) is 10.1. The van der Waals surface area contributed by atoms with E-state index in [4.69, 9.17) is 4.74 Å². The minimum atomic E-state index is -1.04. The van der Waals surface area contributed by atoms with Gasteiger partial charge in [-0.05, 0) is 37.1 Å². The van der Waals surface area contributed by atoms with Crippen LogP contribution in [0.3, 0.4) is 0 Å². The maximum absolute atomic E-state index is 11.2. The first kappa shape index (κ1) is 14.1. The number of para-hydroxylation sites is 1. The van der Waals surface area contributed by atoms with Crippen molar-refractivity contribution in [1.82, 2.24) is 5.32 Å². The number of nitrogens with one attached hydrogen (secondary N) is 1. The molecule has 0 aromatic heterocycles. The fourth-order valence-corrected chi connectivity index (χ4v) is 3.22. The third-order valence-electron chi connectivity index (χ3n) is 4.32. The average molecular weight is 283 g/mol. The summed E-state index contributed by atoms with van der Waals surface area (Å²) >= 11 is 0. The molecule has 0 amide bonds. The predicted octanol–water partition coefficient (Wildman–Crippen LogP) is 2.79. The molecule has 1 aliphatic rings. The van der Waals surface area contributed by atoms with Gasteiger partial charge in [-0.1, -0.05) is 42.5 Å². The molecule has 2 N–H and O–H groups in total. The van der Waals surface area contributed by atoms with E-state index in [0.29, 0.717) is 5.75 Å². The summed E-state index contributed by atoms with van der Waals surface area (Å²) in [4.78, 5) is 0. The maximum atomic E-state index is 11.2. The smallest absolute Gasteiger partial charge is 0.125 e. The van der Waals surface area contributed by atoms with Crippen molar-refractivity contribution in [3.05, 3.63) is 65.2 Å². The van der Waals surface area contributed by atoms with E-state index in [1.54, 1.807) is 7.11 Å². The van der Waals surface area contributed by atoms with Gasteiger partial charge in [-0.25, -0.2) is 0 Å². The molecule has 1 heterocycles. The van der Waals surface area contributed by atoms with E-state index in [0.717, 1.165) is 18.5 Å². The molecule has 2 aromatic rings. The molecule has 110 valence electrons. The summed E-state index contributed by atoms with van der Waals surface area (Å²) in [5, 5.41) is 14.7. The summed E-state index contributed by atoms with van der Waals surface area (Å²) in [5.41, 5.74) is 2.24. The van der Waals surface area contributed by atoms with Crippen LogP contribution in [0, 0.1) is 0 Å². The van der Waals surface area contributed by atoms with Crippen LogP contribution in [-0.2, 0) is 12.0 Å². The summed E-state index contributed by atoms with van der Waals surface area (Å²) in [6.07, 6.45) is 0.995. The Bertz CT molecular complexity index is 637. The molecule has 0 fully saturated rings. The van der Waals surface area contributed by atoms with Gasteiger partial charge in [0.25, 0.3) is 0 Å². The molecule has 0 saturated heterocycles. The van der Waals surface area contributed by atoms with Crippen LogP contribution in [0.1, 0.15) is 29.7 Å². The van der Waals surface area contributed by atoms with Gasteiger partial charge in [0, 0.05) is 5.56 Å². The second-order valence-electron chi connectivity index (χ2n) is 5.68. The van der Waals surface area contributed by atoms with Gasteiger partial charge in [-0.2, -0.15) is 0 Å². The zero-order valence-electron chi connectivity index (χ0n) is 12.5. The van der Waals surface area contributed by atoms with Crippen LogP contribution in [0.25, 0.3) is 0 Å². The molecule has 21 heavy (non-hydrogen) atoms. The number of ether oxygens (including phenoxy) is 1. The van der Waals surface area contributed by atoms with Crippen LogP contribution < -0.4 is 10.1 Å². The average Bonchev–Trinajstić information content (AvgIpc) is 2.54. The van der Waals surface area contributed by atoms with Crippen molar-refractivity contribution in [1.29, 1.82) is 0 Å². The standard InChI is InChI=1S/C18H21NO2/c1-18(20,15-9-5-6-10-16(15)21-2)17-14-8-4-3-7-13(14)11-12-19-17/h3-10,17,19-20H,11-12H2,1-2H3. The lowest BCUT2D eigenvalue weighted by Gasteiger charge is -2.38. The van der Waals surface area contributed by atoms with Crippen LogP contribution in [0.4, 0.5) is 0 Å². The van der Waals surface area contributed by atoms with Gasteiger partial charge in [-0.3, -0.25) is 0 Å². The second-order valence-corrected chi connectivity index (χ2v) is 5.68. The topological polar surface area (TPSA) is 41.5 Å². The van der Waals surface area contributed by atoms with Gasteiger partial charge in [0.2, 0.25) is 0 Å². The summed E-state index contributed by atoms with van der Waals surface area (Å²) in [6.45, 7) is 2.72. The highest BCUT2D eigenvalue weighted by molar-refractivity contribution is 5.43. The van der Waals surface area contributed by atoms with Crippen molar-refractivity contribution in [2.24, 2.45) is 0 Å². The third-order valence-corrected chi connectivity index (χ3v) is 4.32. The number of aliphatic hydroxyl groups is 1. The summed E-state index contributed by atoms with van der Waals surface area (Å²) in [6, 6.07) is 15.8. The van der Waals surface area contributed by atoms with Crippen molar-refractivity contribution in [2.75, 3.05) is 13.7 Å². The largest absolute Gasteiger partial charge is 0.496 e. The zero-order chi connectivity index (χ0) is 14.9. The molecule has 0 radical (unpaired) electrons. The van der Waals surface area contributed by atoms with E-state index >= 15 is 0 Å². The van der Waals surface area contributed by atoms with Gasteiger partial charge in [-0.15, -0.1) is 0 Å². The first-order valence-electron chi connectivity index (χ1n) is 7.31. The van der Waals surface area contributed by atoms with Gasteiger partial charge in [0.15, 0.2) is 0 Å². The van der Waals surface area contributed by atoms with E-state index in [9.17, 15) is 5.11 Å². The Morgan fingerprint density at radius 2 is 1.86 bits per heavy atom. The molecule has 1 aliphatic heterocycles. The molecule has 2 aromatic carbocycles. The molecule has 0 saturated carbocycles. The normalized spacial score (nSPS) is 20.4. The summed E-state index contributed by atoms with van der Waals surface area (Å²) < 4.78 is 5.42. The Kier molecular flexibility index (Phi) is 3.70. The highest BCUT2D eigenvalue weighted by atomic mass is 16.5. The SMILES string of the molecule is COc1ccccc1C(C)(O)C1NCCc2ccccc21. The maximum Gasteiger partial charge on any atom is 0.125 e. The number of hydrogen-bond donors (Lipinski definition) is 2. The number of benzene rings is 2. The molecular weight excluding hydrogens is 262 g/mol. The highest BCUT2D eigenvalue weighted by Gasteiger charge is 2.39. The summed E-state index contributed by atoms with van der Waals surface area (Å²) in [5.74, 6) is 0.715. The minimum Gasteiger partial charge on any atom is -0.496 e. The molecule has 0 aliphatic carbocycles. The van der Waals surface area contributed by atoms with Crippen LogP contribution in [-0.4, -0.2) is 18.8 Å². The van der Waals surface area contributed by atoms with Crippen molar-refractivity contribution in [3.8, 4) is 5.75 Å². The quantitative estimate of drug-likeness (QED) is 0.910. The number of hydrogen-bond acceptors (Lipinski definition) is 3. The van der Waals surface area contributed by atoms with Crippen LogP contribution >= 0.6 is 0 Å². The van der Waals surface area contributed by atoms with Gasteiger partial charge < -0.3 is 15.2 Å². The number of fused-ring (bicyclic) bond motifs is 1. The van der Waals surface area contributed by atoms with Crippen molar-refractivity contribution in [3.63, 3.8) is 0 Å². The Labute approximate surface area is 125 Å². The lowest BCUT2D eigenvalue weighted by Crippen LogP contribution is -2.43. The molecular formula is C18H21NO2. The molecule has 3 heteroatoms. The van der Waals surface area contributed by atoms with Crippen LogP contribution in [0.15, 0.2) is 48.5 Å². The first-order valence-corrected chi connectivity index (χ1v) is 7.31. The molecule has 2 unspecified atom stereocenters. The van der Waals surface area contributed by atoms with Gasteiger partial charge >= 0.3 is 0 Å². The molecule has 2 atom stereocenters. The van der Waals surface area contributed by atoms with Crippen molar-refractivity contribution in [2.45, 2.75) is 25.0 Å². The van der Waals surface area contributed by atoms with Gasteiger partial charge in [0.05, 0.1) is 13.2 Å². The van der Waals surface area contributed by atoms with Crippen LogP contribution in [0.5, 0.6) is 5.75 Å². The van der Waals surface area contributed by atoms with E-state index in [1.807, 2.05) is 37.3 Å². The fraction of sp³-hybridized carbons (Fsp3) is 0.333. The number of methoxy groups -OCH3 is 1. The highest BCUT2D eigenvalue weighted by Crippen LogP contribution is 2.41. The fourth-order valence-electron chi connectivity index (χ4n) is 3.22. The molecule has 3 rings (SSSR count). The molecule has 0 bridgehead atoms. The lowest BCUT2D eigenvalue weighted by atomic mass is 9.80. The van der Waals surface area contributed by atoms with E-state index in [1.165, 1.54) is 11.1 Å². The van der Waals surface area contributed by atoms with Crippen molar-refractivity contribution < 1.29 is 9.84 Å². The third kappa shape index (κ3) is 2.43. The lowest BCUT2D eigenvalue weighted by molar-refractivity contribution is 0.00977. The second kappa shape index (κ2) is 5.51. The Balaban J connectivity index is 2.07. The van der Waals surface area contributed by atoms with Crippen molar-refractivity contribution >= 4 is 0 Å². The van der Waals surface area contributed by atoms with E-state index in [-0.39, 0.29) is 6.04 Å².